The van der Waals surface area contributed by atoms with Gasteiger partial charge in [-0.15, -0.1) is 5.10 Å². The number of carbonyl (C=O) groups is 8. The Morgan fingerprint density at radius 1 is 0.671 bits per heavy atom. The fraction of sp³-hybridized carbons (Fsp3) is 0.620. The minimum Gasteiger partial charge on any atom is -0.443 e. The van der Waals surface area contributed by atoms with E-state index in [1.807, 2.05) is 0 Å². The molecule has 8 N–H and O–H groups in total. The molecule has 79 heavy (non-hydrogen) atoms. The van der Waals surface area contributed by atoms with Gasteiger partial charge in [-0.1, -0.05) is 25.1 Å². The molecule has 1 aliphatic heterocycles. The fourth-order valence-electron chi connectivity index (χ4n) is 6.68. The van der Waals surface area contributed by atoms with E-state index in [0.717, 1.165) is 17.1 Å². The van der Waals surface area contributed by atoms with Crippen LogP contribution in [-0.4, -0.2) is 219 Å². The summed E-state index contributed by atoms with van der Waals surface area (Å²) in [6, 6.07) is 1.50. The van der Waals surface area contributed by atoms with Crippen LogP contribution in [0.25, 0.3) is 0 Å². The summed E-state index contributed by atoms with van der Waals surface area (Å²) in [4.78, 5) is 101. The number of imide groups is 1. The molecule has 0 saturated carbocycles. The summed E-state index contributed by atoms with van der Waals surface area (Å²) in [5.41, 5.74) is 6.34. The van der Waals surface area contributed by atoms with E-state index in [1.165, 1.54) is 22.9 Å². The summed E-state index contributed by atoms with van der Waals surface area (Å²) in [6.45, 7) is 13.8. The fourth-order valence-corrected chi connectivity index (χ4v) is 6.68. The molecule has 1 radical (unpaired) electrons. The van der Waals surface area contributed by atoms with Crippen LogP contribution in [0.4, 0.5) is 21.0 Å². The predicted octanol–water partition coefficient (Wildman–Crippen LogP) is -0.568. The highest BCUT2D eigenvalue weighted by Gasteiger charge is 2.29. The molecular formula is C50H78N11O18. The number of methoxy groups -OCH3 is 1. The van der Waals surface area contributed by atoms with Crippen LogP contribution in [0.1, 0.15) is 44.4 Å². The van der Waals surface area contributed by atoms with Gasteiger partial charge in [-0.05, 0) is 43.4 Å². The molecule has 0 spiro atoms. The zero-order chi connectivity index (χ0) is 57.5. The van der Waals surface area contributed by atoms with Crippen molar-refractivity contribution in [2.24, 2.45) is 11.7 Å². The van der Waals surface area contributed by atoms with Gasteiger partial charge < -0.3 is 85.0 Å². The molecule has 1 aromatic carbocycles. The standard InChI is InChI=1S/C50H78N11O18/c1-36(2)46(57-42(62)11-15-71-17-14-61-44(64)9-10-45(61)65)48(67)56-40(6-5-12-52-49(51)68)47(66)54-38-8-7-37(3)41(32-38)55-43(63)33-53-50(69)79-35-39-34-60(59-58-39)13-16-72-20-21-74-24-25-76-28-29-78-31-30-77-27-26-75-23-22-73-19-18-70-4/h7-10,32,34,36,40,46H,3,5-6,11-31,33,35H2,1-2,4H3,(H,53,69)(H,54,66)(H,55,63)(H,56,67)(H,57,62)(H3,51,52,68)/t40-,46-/m0/s1. The first-order chi connectivity index (χ1) is 38.2. The smallest absolute Gasteiger partial charge is 0.407 e. The van der Waals surface area contributed by atoms with Gasteiger partial charge >= 0.3 is 12.1 Å². The Balaban J connectivity index is 1.30. The average molecular weight is 1120 g/mol. The molecule has 29 nitrogen and oxygen atoms in total. The lowest BCUT2D eigenvalue weighted by Crippen LogP contribution is -2.54. The van der Waals surface area contributed by atoms with Gasteiger partial charge in [0, 0.05) is 43.6 Å². The van der Waals surface area contributed by atoms with Gasteiger partial charge in [-0.3, -0.25) is 33.7 Å². The molecule has 2 atom stereocenters. The summed E-state index contributed by atoms with van der Waals surface area (Å²) in [6.07, 6.45) is 3.15. The molecule has 441 valence electrons. The summed E-state index contributed by atoms with van der Waals surface area (Å²) >= 11 is 0. The van der Waals surface area contributed by atoms with Crippen molar-refractivity contribution in [3.63, 3.8) is 0 Å². The summed E-state index contributed by atoms with van der Waals surface area (Å²) in [5.74, 6) is -3.79. The van der Waals surface area contributed by atoms with E-state index < -0.39 is 72.1 Å². The van der Waals surface area contributed by atoms with Crippen molar-refractivity contribution in [2.45, 2.75) is 58.3 Å². The molecule has 0 bridgehead atoms. The highest BCUT2D eigenvalue weighted by atomic mass is 16.6. The van der Waals surface area contributed by atoms with Gasteiger partial charge in [0.25, 0.3) is 11.8 Å². The number of urea groups is 1. The van der Waals surface area contributed by atoms with Crippen LogP contribution in [0.15, 0.2) is 36.5 Å². The normalized spacial score (nSPS) is 12.8. The summed E-state index contributed by atoms with van der Waals surface area (Å²) < 4.78 is 55.3. The van der Waals surface area contributed by atoms with Crippen LogP contribution >= 0.6 is 0 Å². The van der Waals surface area contributed by atoms with Gasteiger partial charge in [0.2, 0.25) is 23.6 Å². The maximum atomic E-state index is 13.7. The second kappa shape index (κ2) is 40.5. The third-order valence-corrected chi connectivity index (χ3v) is 10.8. The number of nitrogens with zero attached hydrogens (tertiary/aromatic N) is 4. The van der Waals surface area contributed by atoms with Crippen molar-refractivity contribution in [2.75, 3.05) is 150 Å². The zero-order valence-electron chi connectivity index (χ0n) is 45.3. The second-order valence-electron chi connectivity index (χ2n) is 17.4. The number of anilines is 2. The van der Waals surface area contributed by atoms with Crippen LogP contribution in [-0.2, 0) is 89.3 Å². The molecule has 29 heteroatoms. The van der Waals surface area contributed by atoms with Gasteiger partial charge in [0.05, 0.1) is 132 Å². The quantitative estimate of drug-likeness (QED) is 0.0323. The maximum absolute atomic E-state index is 13.7. The Labute approximate surface area is 459 Å². The number of ether oxygens (including phenoxy) is 10. The Morgan fingerprint density at radius 3 is 1.80 bits per heavy atom. The minimum atomic E-state index is -1.16. The number of amides is 9. The van der Waals surface area contributed by atoms with Crippen LogP contribution in [0.3, 0.4) is 0 Å². The van der Waals surface area contributed by atoms with E-state index >= 15 is 0 Å². The Kier molecular flexibility index (Phi) is 34.1. The third kappa shape index (κ3) is 30.3. The number of aromatic nitrogens is 3. The van der Waals surface area contributed by atoms with Gasteiger partial charge in [-0.25, -0.2) is 14.3 Å². The number of nitrogens with one attached hydrogen (secondary N) is 6. The maximum Gasteiger partial charge on any atom is 0.407 e. The third-order valence-electron chi connectivity index (χ3n) is 10.8. The van der Waals surface area contributed by atoms with E-state index in [2.05, 4.69) is 49.1 Å². The minimum absolute atomic E-state index is 0.00959. The largest absolute Gasteiger partial charge is 0.443 e. The van der Waals surface area contributed by atoms with E-state index in [-0.39, 0.29) is 63.5 Å². The number of carbonyl (C=O) groups excluding carboxylic acids is 8. The van der Waals surface area contributed by atoms with Crippen molar-refractivity contribution in [3.05, 3.63) is 54.7 Å². The van der Waals surface area contributed by atoms with Crippen LogP contribution < -0.4 is 37.6 Å². The predicted molar refractivity (Wildman–Crippen MR) is 281 cm³/mol. The number of alkyl carbamates (subject to hydrolysis) is 1. The van der Waals surface area contributed by atoms with E-state index in [9.17, 15) is 38.4 Å². The molecule has 1 aliphatic rings. The van der Waals surface area contributed by atoms with Gasteiger partial charge in [0.15, 0.2) is 0 Å². The molecule has 2 heterocycles. The number of hydrogen-bond donors (Lipinski definition) is 7. The topological polar surface area (TPSA) is 361 Å². The Bertz CT molecular complexity index is 2180. The van der Waals surface area contributed by atoms with E-state index in [0.29, 0.717) is 117 Å². The molecule has 3 rings (SSSR count). The number of hydrogen-bond acceptors (Lipinski definition) is 20. The van der Waals surface area contributed by atoms with Gasteiger partial charge in [-0.2, -0.15) is 0 Å². The van der Waals surface area contributed by atoms with Crippen molar-refractivity contribution in [1.82, 2.24) is 41.2 Å². The highest BCUT2D eigenvalue weighted by Crippen LogP contribution is 2.21. The number of rotatable bonds is 45. The van der Waals surface area contributed by atoms with Crippen LogP contribution in [0.5, 0.6) is 0 Å². The molecular weight excluding hydrogens is 1040 g/mol. The molecule has 0 aliphatic carbocycles. The Morgan fingerprint density at radius 2 is 1.23 bits per heavy atom. The van der Waals surface area contributed by atoms with E-state index in [4.69, 9.17) is 53.1 Å². The lowest BCUT2D eigenvalue weighted by molar-refractivity contribution is -0.138. The first-order valence-corrected chi connectivity index (χ1v) is 25.8. The monoisotopic (exact) mass is 1120 g/mol. The van der Waals surface area contributed by atoms with Crippen molar-refractivity contribution in [1.29, 1.82) is 0 Å². The molecule has 2 aromatic rings. The Hall–Kier alpha value is -6.70. The molecule has 1 aromatic heterocycles. The summed E-state index contributed by atoms with van der Waals surface area (Å²) in [5, 5.41) is 23.5. The van der Waals surface area contributed by atoms with E-state index in [1.54, 1.807) is 27.2 Å². The lowest BCUT2D eigenvalue weighted by atomic mass is 10.0. The SMILES string of the molecule is [CH2]c1ccc(NC(=O)[C@H](CCCNC(N)=O)NC(=O)[C@@H](NC(=O)CCOCCN2C(=O)C=CC2=O)C(C)C)cc1NC(=O)CNC(=O)OCc1cn(CCOCCOCCOCCOCCOCCOCCOCCOC)nn1. The molecule has 0 saturated heterocycles. The summed E-state index contributed by atoms with van der Waals surface area (Å²) in [7, 11) is 1.62. The number of primary amides is 1. The van der Waals surface area contributed by atoms with Crippen molar-refractivity contribution >= 4 is 58.9 Å². The second-order valence-corrected chi connectivity index (χ2v) is 17.4. The highest BCUT2D eigenvalue weighted by molar-refractivity contribution is 6.12. The van der Waals surface area contributed by atoms with Crippen molar-refractivity contribution in [3.8, 4) is 0 Å². The average Bonchev–Trinajstić information content (AvgIpc) is 4.03. The number of nitrogens with two attached hydrogens (primary N) is 1. The molecule has 0 unspecified atom stereocenters. The van der Waals surface area contributed by atoms with Crippen LogP contribution in [0, 0.1) is 12.8 Å². The van der Waals surface area contributed by atoms with Gasteiger partial charge in [0.1, 0.15) is 30.9 Å². The zero-order valence-corrected chi connectivity index (χ0v) is 45.3. The first kappa shape index (κ1) is 66.6. The molecule has 0 fully saturated rings. The lowest BCUT2D eigenvalue weighted by Gasteiger charge is -2.25. The van der Waals surface area contributed by atoms with Crippen molar-refractivity contribution < 1.29 is 85.7 Å². The molecule has 9 amide bonds. The van der Waals surface area contributed by atoms with Crippen LogP contribution in [0.2, 0.25) is 0 Å². The first-order valence-electron chi connectivity index (χ1n) is 25.8. The number of benzene rings is 1.